The molecule has 0 radical (unpaired) electrons. The van der Waals surface area contributed by atoms with Crippen LogP contribution in [-0.4, -0.2) is 131 Å². The Bertz CT molecular complexity index is 1560. The molecule has 0 amide bonds. The van der Waals surface area contributed by atoms with Gasteiger partial charge >= 0.3 is 11.9 Å². The highest BCUT2D eigenvalue weighted by molar-refractivity contribution is 6.02. The van der Waals surface area contributed by atoms with E-state index in [9.17, 15) is 55.2 Å². The van der Waals surface area contributed by atoms with Gasteiger partial charge in [-0.05, 0) is 49.2 Å². The molecule has 0 spiro atoms. The Hall–Kier alpha value is -3.91. The van der Waals surface area contributed by atoms with Crippen LogP contribution in [0.4, 0.5) is 0 Å². The van der Waals surface area contributed by atoms with Crippen LogP contribution < -0.4 is 4.74 Å². The molecule has 12 atom stereocenters. The van der Waals surface area contributed by atoms with Gasteiger partial charge in [0.15, 0.2) is 12.1 Å². The van der Waals surface area contributed by atoms with Gasteiger partial charge in [-0.15, -0.1) is 0 Å². The molecule has 5 rings (SSSR count). The summed E-state index contributed by atoms with van der Waals surface area (Å²) in [5.74, 6) is -3.49. The average Bonchev–Trinajstić information content (AvgIpc) is 3.03. The first-order valence-electron chi connectivity index (χ1n) is 15.8. The van der Waals surface area contributed by atoms with Crippen molar-refractivity contribution in [3.63, 3.8) is 0 Å². The molecule has 3 aliphatic rings. The second kappa shape index (κ2) is 14.7. The maximum absolute atomic E-state index is 13.1. The lowest BCUT2D eigenvalue weighted by Gasteiger charge is -2.46. The number of carboxylic acids is 1. The maximum Gasteiger partial charge on any atom is 0.308 e. The molecule has 2 saturated heterocycles. The first-order valence-corrected chi connectivity index (χ1v) is 15.8. The van der Waals surface area contributed by atoms with Crippen LogP contribution in [0.25, 0.3) is 0 Å². The fourth-order valence-electron chi connectivity index (χ4n) is 6.20. The van der Waals surface area contributed by atoms with Crippen LogP contribution >= 0.6 is 0 Å². The van der Waals surface area contributed by atoms with Crippen molar-refractivity contribution in [3.05, 3.63) is 53.1 Å². The zero-order valence-corrected chi connectivity index (χ0v) is 26.9. The van der Waals surface area contributed by atoms with E-state index >= 15 is 0 Å². The Morgan fingerprint density at radius 3 is 2.24 bits per heavy atom. The van der Waals surface area contributed by atoms with E-state index in [4.69, 9.17) is 28.8 Å². The largest absolute Gasteiger partial charge is 0.508 e. The highest BCUT2D eigenvalue weighted by atomic mass is 16.7. The molecule has 274 valence electrons. The molecule has 2 aromatic rings. The zero-order chi connectivity index (χ0) is 36.7. The number of aromatic hydroxyl groups is 2. The number of fused-ring (bicyclic) bond motifs is 1. The number of hydrogen-bond donors (Lipinski definition) is 9. The number of carbonyl (C=O) groups excluding carboxylic acids is 2. The molecule has 0 bridgehead atoms. The lowest BCUT2D eigenvalue weighted by atomic mass is 9.88. The summed E-state index contributed by atoms with van der Waals surface area (Å²) in [5.41, 5.74) is -1.53. The Balaban J connectivity index is 1.45. The van der Waals surface area contributed by atoms with Crippen molar-refractivity contribution in [2.45, 2.75) is 106 Å². The highest BCUT2D eigenvalue weighted by Gasteiger charge is 2.51. The fourth-order valence-corrected chi connectivity index (χ4v) is 6.20. The second-order valence-corrected chi connectivity index (χ2v) is 13.0. The third-order valence-electron chi connectivity index (χ3n) is 8.87. The molecule has 50 heavy (non-hydrogen) atoms. The molecule has 2 fully saturated rings. The molecule has 0 saturated carbocycles. The standard InChI is InChI=1S/C33H40O17/c1-13-25(40)27(42)29(44)32(47-13)50-31-28(43)26(41)21(12-46-23(39)11-33(2,45)10-22(37)38)49-30(31)15-7-17(35)24-18(36)9-19(48-20(24)8-15)14-3-5-16(34)6-4-14/h3-8,13,19,21,25-32,34-35,40-45H,9-12H2,1-2H3,(H,37,38)/t13-,19?,21+,25-,26+,27+,28-,29+,30-,31+,32-,33?/m0/s1. The summed E-state index contributed by atoms with van der Waals surface area (Å²) in [6.45, 7) is 1.81. The van der Waals surface area contributed by atoms with Crippen molar-refractivity contribution in [2.75, 3.05) is 6.61 Å². The number of rotatable bonds is 10. The van der Waals surface area contributed by atoms with Crippen LogP contribution in [-0.2, 0) is 28.5 Å². The Labute approximate surface area is 284 Å². The number of aliphatic carboxylic acids is 1. The van der Waals surface area contributed by atoms with Gasteiger partial charge in [-0.25, -0.2) is 0 Å². The van der Waals surface area contributed by atoms with E-state index in [1.165, 1.54) is 25.1 Å². The lowest BCUT2D eigenvalue weighted by Crippen LogP contribution is -2.62. The summed E-state index contributed by atoms with van der Waals surface area (Å²) < 4.78 is 28.7. The van der Waals surface area contributed by atoms with E-state index in [0.717, 1.165) is 13.0 Å². The smallest absolute Gasteiger partial charge is 0.308 e. The molecule has 3 aliphatic heterocycles. The average molecular weight is 709 g/mol. The van der Waals surface area contributed by atoms with E-state index in [1.807, 2.05) is 0 Å². The molecule has 3 heterocycles. The van der Waals surface area contributed by atoms with Gasteiger partial charge in [-0.1, -0.05) is 12.1 Å². The van der Waals surface area contributed by atoms with Crippen LogP contribution in [0.1, 0.15) is 66.8 Å². The van der Waals surface area contributed by atoms with Crippen LogP contribution in [0, 0.1) is 0 Å². The number of carbonyl (C=O) groups is 3. The molecule has 2 aromatic carbocycles. The summed E-state index contributed by atoms with van der Waals surface area (Å²) in [5, 5.41) is 93.4. The fraction of sp³-hybridized carbons (Fsp3) is 0.545. The Kier molecular flexibility index (Phi) is 11.0. The third kappa shape index (κ3) is 8.01. The van der Waals surface area contributed by atoms with Crippen molar-refractivity contribution < 1.29 is 84.0 Å². The van der Waals surface area contributed by atoms with Crippen molar-refractivity contribution >= 4 is 17.7 Å². The summed E-state index contributed by atoms with van der Waals surface area (Å²) >= 11 is 0. The van der Waals surface area contributed by atoms with Gasteiger partial charge in [0.1, 0.15) is 84.4 Å². The molecule has 0 aromatic heterocycles. The van der Waals surface area contributed by atoms with Gasteiger partial charge < -0.3 is 69.6 Å². The van der Waals surface area contributed by atoms with Crippen LogP contribution in [0.5, 0.6) is 17.2 Å². The van der Waals surface area contributed by atoms with Crippen molar-refractivity contribution in [1.29, 1.82) is 0 Å². The van der Waals surface area contributed by atoms with E-state index in [2.05, 4.69) is 0 Å². The lowest BCUT2D eigenvalue weighted by molar-refractivity contribution is -0.338. The number of hydrogen-bond acceptors (Lipinski definition) is 16. The minimum Gasteiger partial charge on any atom is -0.508 e. The summed E-state index contributed by atoms with van der Waals surface area (Å²) in [7, 11) is 0. The molecule has 17 heteroatoms. The van der Waals surface area contributed by atoms with Crippen molar-refractivity contribution in [2.24, 2.45) is 0 Å². The van der Waals surface area contributed by atoms with E-state index in [0.29, 0.717) is 5.56 Å². The Morgan fingerprint density at radius 1 is 0.900 bits per heavy atom. The SMILES string of the molecule is C[C@@H]1O[C@@H](O[C@@H]2[C@@H](O)[C@H](O)[C@@H](COC(=O)CC(C)(O)CC(=O)O)O[C@H]2c2cc(O)c3c(c2)OC(c2ccc(O)cc2)CC3=O)[C@H](O)[C@H](O)[C@H]1O. The van der Waals surface area contributed by atoms with Crippen LogP contribution in [0.15, 0.2) is 36.4 Å². The molecular formula is C33H40O17. The number of phenolic OH excluding ortho intramolecular Hbond substituents is 2. The highest BCUT2D eigenvalue weighted by Crippen LogP contribution is 2.44. The first-order chi connectivity index (χ1) is 23.5. The van der Waals surface area contributed by atoms with Crippen molar-refractivity contribution in [1.82, 2.24) is 0 Å². The number of ketones is 1. The molecular weight excluding hydrogens is 668 g/mol. The van der Waals surface area contributed by atoms with E-state index < -0.39 is 116 Å². The van der Waals surface area contributed by atoms with Gasteiger partial charge in [0.05, 0.1) is 31.0 Å². The maximum atomic E-state index is 13.1. The number of ether oxygens (including phenoxy) is 5. The number of Topliss-reactive ketones (excluding diaryl/α,β-unsaturated/α-hetero) is 1. The molecule has 2 unspecified atom stereocenters. The summed E-state index contributed by atoms with van der Waals surface area (Å²) in [4.78, 5) is 36.7. The predicted octanol–water partition coefficient (Wildman–Crippen LogP) is -0.662. The number of aliphatic hydroxyl groups excluding tert-OH is 5. The Morgan fingerprint density at radius 2 is 1.58 bits per heavy atom. The quantitative estimate of drug-likeness (QED) is 0.139. The minimum absolute atomic E-state index is 0.00758. The van der Waals surface area contributed by atoms with E-state index in [1.54, 1.807) is 12.1 Å². The van der Waals surface area contributed by atoms with Crippen LogP contribution in [0.2, 0.25) is 0 Å². The first kappa shape index (κ1) is 37.3. The monoisotopic (exact) mass is 708 g/mol. The third-order valence-corrected chi connectivity index (χ3v) is 8.87. The number of phenols is 2. The van der Waals surface area contributed by atoms with Crippen molar-refractivity contribution in [3.8, 4) is 17.2 Å². The molecule has 9 N–H and O–H groups in total. The van der Waals surface area contributed by atoms with Gasteiger partial charge in [-0.3, -0.25) is 14.4 Å². The summed E-state index contributed by atoms with van der Waals surface area (Å²) in [6.07, 6.45) is -18.5. The van der Waals surface area contributed by atoms with Gasteiger partial charge in [0.25, 0.3) is 0 Å². The summed E-state index contributed by atoms with van der Waals surface area (Å²) in [6, 6.07) is 8.41. The van der Waals surface area contributed by atoms with Crippen LogP contribution in [0.3, 0.4) is 0 Å². The molecule has 17 nitrogen and oxygen atoms in total. The number of aliphatic hydroxyl groups is 6. The molecule has 0 aliphatic carbocycles. The predicted molar refractivity (Wildman–Crippen MR) is 164 cm³/mol. The zero-order valence-electron chi connectivity index (χ0n) is 26.9. The number of benzene rings is 2. The topological polar surface area (TPSA) is 279 Å². The van der Waals surface area contributed by atoms with Gasteiger partial charge in [0.2, 0.25) is 0 Å². The second-order valence-electron chi connectivity index (χ2n) is 13.0. The normalized spacial score (nSPS) is 33.8. The van der Waals surface area contributed by atoms with Gasteiger partial charge in [-0.2, -0.15) is 0 Å². The number of carboxylic acid groups (broad SMARTS) is 1. The van der Waals surface area contributed by atoms with E-state index in [-0.39, 0.29) is 29.0 Å². The van der Waals surface area contributed by atoms with Gasteiger partial charge in [0, 0.05) is 0 Å². The number of esters is 1. The minimum atomic E-state index is -1.96.